The molecular weight excluding hydrogens is 236 g/mol. The standard InChI is InChI=1S/C13H14O5/c1-16-6-7-17-8-10-9-4-2-3-5-11(9)18-12(10)13(14)15/h2-5H,6-8H2,1H3,(H,14,15). The lowest BCUT2D eigenvalue weighted by Crippen LogP contribution is -2.05. The summed E-state index contributed by atoms with van der Waals surface area (Å²) in [7, 11) is 1.58. The summed E-state index contributed by atoms with van der Waals surface area (Å²) in [6.45, 7) is 1.08. The van der Waals surface area contributed by atoms with Gasteiger partial charge in [0.15, 0.2) is 0 Å². The van der Waals surface area contributed by atoms with Crippen molar-refractivity contribution in [1.29, 1.82) is 0 Å². The van der Waals surface area contributed by atoms with E-state index in [2.05, 4.69) is 0 Å². The van der Waals surface area contributed by atoms with Crippen LogP contribution in [0.2, 0.25) is 0 Å². The molecule has 2 aromatic rings. The molecule has 1 N–H and O–H groups in total. The Bertz CT molecular complexity index is 543. The molecule has 0 fully saturated rings. The highest BCUT2D eigenvalue weighted by atomic mass is 16.5. The molecule has 96 valence electrons. The lowest BCUT2D eigenvalue weighted by atomic mass is 10.1. The Morgan fingerprint density at radius 1 is 1.33 bits per heavy atom. The second kappa shape index (κ2) is 5.66. The average Bonchev–Trinajstić information content (AvgIpc) is 2.74. The van der Waals surface area contributed by atoms with Gasteiger partial charge in [0.25, 0.3) is 0 Å². The first kappa shape index (κ1) is 12.6. The zero-order valence-electron chi connectivity index (χ0n) is 10.0. The van der Waals surface area contributed by atoms with Gasteiger partial charge in [0, 0.05) is 18.1 Å². The maximum absolute atomic E-state index is 11.1. The van der Waals surface area contributed by atoms with Gasteiger partial charge >= 0.3 is 5.97 Å². The molecule has 1 heterocycles. The van der Waals surface area contributed by atoms with E-state index >= 15 is 0 Å². The van der Waals surface area contributed by atoms with Gasteiger partial charge in [0.2, 0.25) is 5.76 Å². The van der Waals surface area contributed by atoms with E-state index in [0.717, 1.165) is 5.39 Å². The largest absolute Gasteiger partial charge is 0.475 e. The third-order valence-corrected chi connectivity index (χ3v) is 2.57. The van der Waals surface area contributed by atoms with Crippen LogP contribution in [0.1, 0.15) is 16.1 Å². The molecule has 0 unspecified atom stereocenters. The van der Waals surface area contributed by atoms with Gasteiger partial charge in [-0.3, -0.25) is 0 Å². The van der Waals surface area contributed by atoms with Crippen molar-refractivity contribution in [2.24, 2.45) is 0 Å². The van der Waals surface area contributed by atoms with E-state index in [1.807, 2.05) is 12.1 Å². The Kier molecular flexibility index (Phi) is 3.96. The van der Waals surface area contributed by atoms with E-state index in [9.17, 15) is 4.79 Å². The van der Waals surface area contributed by atoms with Crippen molar-refractivity contribution in [2.75, 3.05) is 20.3 Å². The fourth-order valence-corrected chi connectivity index (χ4v) is 1.73. The highest BCUT2D eigenvalue weighted by Gasteiger charge is 2.19. The van der Waals surface area contributed by atoms with Crippen LogP contribution < -0.4 is 0 Å². The molecule has 2 rings (SSSR count). The van der Waals surface area contributed by atoms with Crippen molar-refractivity contribution in [3.8, 4) is 0 Å². The lowest BCUT2D eigenvalue weighted by Gasteiger charge is -2.02. The molecular formula is C13H14O5. The number of methoxy groups -OCH3 is 1. The van der Waals surface area contributed by atoms with E-state index in [1.54, 1.807) is 19.2 Å². The number of benzene rings is 1. The summed E-state index contributed by atoms with van der Waals surface area (Å²) in [5.74, 6) is -1.15. The monoisotopic (exact) mass is 250 g/mol. The van der Waals surface area contributed by atoms with Crippen LogP contribution in [-0.2, 0) is 16.1 Å². The molecule has 0 saturated carbocycles. The normalized spacial score (nSPS) is 10.9. The van der Waals surface area contributed by atoms with E-state index in [1.165, 1.54) is 0 Å². The molecule has 0 aliphatic heterocycles. The number of hydrogen-bond donors (Lipinski definition) is 1. The number of aromatic carboxylic acids is 1. The van der Waals surface area contributed by atoms with Crippen molar-refractivity contribution in [3.63, 3.8) is 0 Å². The Hall–Kier alpha value is -1.85. The fraction of sp³-hybridized carbons (Fsp3) is 0.308. The van der Waals surface area contributed by atoms with Gasteiger partial charge < -0.3 is 19.0 Å². The third-order valence-electron chi connectivity index (χ3n) is 2.57. The van der Waals surface area contributed by atoms with Crippen molar-refractivity contribution < 1.29 is 23.8 Å². The highest BCUT2D eigenvalue weighted by Crippen LogP contribution is 2.26. The Balaban J connectivity index is 2.27. The predicted molar refractivity (Wildman–Crippen MR) is 64.7 cm³/mol. The number of rotatable bonds is 6. The molecule has 5 nitrogen and oxygen atoms in total. The summed E-state index contributed by atoms with van der Waals surface area (Å²) < 4.78 is 15.5. The minimum Gasteiger partial charge on any atom is -0.475 e. The molecule has 5 heteroatoms. The average molecular weight is 250 g/mol. The maximum atomic E-state index is 11.1. The van der Waals surface area contributed by atoms with Crippen LogP contribution in [0.5, 0.6) is 0 Å². The fourth-order valence-electron chi connectivity index (χ4n) is 1.73. The first-order valence-electron chi connectivity index (χ1n) is 5.54. The molecule has 0 bridgehead atoms. The Morgan fingerprint density at radius 3 is 2.83 bits per heavy atom. The second-order valence-electron chi connectivity index (χ2n) is 3.76. The van der Waals surface area contributed by atoms with Crippen LogP contribution in [0.3, 0.4) is 0 Å². The highest BCUT2D eigenvalue weighted by molar-refractivity contribution is 5.94. The number of furan rings is 1. The number of carboxylic acid groups (broad SMARTS) is 1. The summed E-state index contributed by atoms with van der Waals surface area (Å²) in [6, 6.07) is 7.19. The van der Waals surface area contributed by atoms with Gasteiger partial charge in [0.05, 0.1) is 19.8 Å². The van der Waals surface area contributed by atoms with E-state index in [-0.39, 0.29) is 12.4 Å². The number of hydrogen-bond acceptors (Lipinski definition) is 4. The molecule has 18 heavy (non-hydrogen) atoms. The number of carbonyl (C=O) groups is 1. The zero-order valence-corrected chi connectivity index (χ0v) is 10.0. The topological polar surface area (TPSA) is 68.9 Å². The van der Waals surface area contributed by atoms with Gasteiger partial charge in [-0.15, -0.1) is 0 Å². The molecule has 0 radical (unpaired) electrons. The Labute approximate surface area is 104 Å². The molecule has 0 saturated heterocycles. The van der Waals surface area contributed by atoms with E-state index in [4.69, 9.17) is 19.0 Å². The van der Waals surface area contributed by atoms with E-state index < -0.39 is 5.97 Å². The van der Waals surface area contributed by atoms with Crippen molar-refractivity contribution in [2.45, 2.75) is 6.61 Å². The lowest BCUT2D eigenvalue weighted by molar-refractivity contribution is 0.0575. The summed E-state index contributed by atoms with van der Waals surface area (Å²) in [5.41, 5.74) is 1.12. The summed E-state index contributed by atoms with van der Waals surface area (Å²) in [5, 5.41) is 9.87. The van der Waals surface area contributed by atoms with Gasteiger partial charge in [-0.05, 0) is 6.07 Å². The molecule has 1 aromatic carbocycles. The Morgan fingerprint density at radius 2 is 2.11 bits per heavy atom. The molecule has 1 aromatic heterocycles. The van der Waals surface area contributed by atoms with Gasteiger partial charge in [-0.2, -0.15) is 0 Å². The number of fused-ring (bicyclic) bond motifs is 1. The summed E-state index contributed by atoms with van der Waals surface area (Å²) in [6.07, 6.45) is 0. The smallest absolute Gasteiger partial charge is 0.372 e. The SMILES string of the molecule is COCCOCc1c(C(=O)O)oc2ccccc12. The van der Waals surface area contributed by atoms with Crippen molar-refractivity contribution >= 4 is 16.9 Å². The summed E-state index contributed by atoms with van der Waals surface area (Å²) in [4.78, 5) is 11.1. The first-order chi connectivity index (χ1) is 8.74. The van der Waals surface area contributed by atoms with Crippen LogP contribution in [0.4, 0.5) is 0 Å². The third kappa shape index (κ3) is 2.52. The van der Waals surface area contributed by atoms with Crippen molar-refractivity contribution in [3.05, 3.63) is 35.6 Å². The van der Waals surface area contributed by atoms with Crippen LogP contribution in [0.25, 0.3) is 11.0 Å². The van der Waals surface area contributed by atoms with Crippen molar-refractivity contribution in [1.82, 2.24) is 0 Å². The molecule has 0 atom stereocenters. The minimum atomic E-state index is -1.09. The maximum Gasteiger partial charge on any atom is 0.372 e. The molecule has 0 aliphatic rings. The van der Waals surface area contributed by atoms with E-state index in [0.29, 0.717) is 24.4 Å². The van der Waals surface area contributed by atoms with Crippen LogP contribution in [0.15, 0.2) is 28.7 Å². The zero-order chi connectivity index (χ0) is 13.0. The minimum absolute atomic E-state index is 0.0615. The molecule has 0 spiro atoms. The summed E-state index contributed by atoms with van der Waals surface area (Å²) >= 11 is 0. The van der Waals surface area contributed by atoms with Crippen LogP contribution in [0, 0.1) is 0 Å². The van der Waals surface area contributed by atoms with Gasteiger partial charge in [0.1, 0.15) is 5.58 Å². The van der Waals surface area contributed by atoms with Gasteiger partial charge in [-0.1, -0.05) is 18.2 Å². The predicted octanol–water partition coefficient (Wildman–Crippen LogP) is 2.29. The number of carboxylic acids is 1. The van der Waals surface area contributed by atoms with Crippen LogP contribution >= 0.6 is 0 Å². The number of ether oxygens (including phenoxy) is 2. The molecule has 0 aliphatic carbocycles. The second-order valence-corrected chi connectivity index (χ2v) is 3.76. The number of para-hydroxylation sites is 1. The van der Waals surface area contributed by atoms with Crippen LogP contribution in [-0.4, -0.2) is 31.4 Å². The molecule has 0 amide bonds. The quantitative estimate of drug-likeness (QED) is 0.796. The van der Waals surface area contributed by atoms with Gasteiger partial charge in [-0.25, -0.2) is 4.79 Å². The first-order valence-corrected chi connectivity index (χ1v) is 5.54.